The second-order valence-electron chi connectivity index (χ2n) is 7.57. The predicted molar refractivity (Wildman–Crippen MR) is 130 cm³/mol. The molecule has 2 amide bonds. The van der Waals surface area contributed by atoms with E-state index < -0.39 is 0 Å². The topological polar surface area (TPSA) is 40.6 Å². The van der Waals surface area contributed by atoms with Gasteiger partial charge >= 0.3 is 0 Å². The normalized spacial score (nSPS) is 13.9. The summed E-state index contributed by atoms with van der Waals surface area (Å²) in [5.74, 6) is -0.714. The molecule has 5 heteroatoms. The van der Waals surface area contributed by atoms with Gasteiger partial charge < -0.3 is 4.90 Å². The SMILES string of the molecule is CN(C1=C(c2ccc(Cl)cc2)C(=O)N(c2cccc3ccccc23)C1=O)c1ccccc1. The lowest BCUT2D eigenvalue weighted by molar-refractivity contribution is -0.120. The Bertz CT molecular complexity index is 1370. The van der Waals surface area contributed by atoms with E-state index in [9.17, 15) is 9.59 Å². The minimum atomic E-state index is -0.359. The van der Waals surface area contributed by atoms with Crippen LogP contribution in [0.1, 0.15) is 5.56 Å². The number of benzene rings is 4. The van der Waals surface area contributed by atoms with Gasteiger partial charge in [0.25, 0.3) is 11.8 Å². The summed E-state index contributed by atoms with van der Waals surface area (Å²) in [5.41, 5.74) is 2.71. The van der Waals surface area contributed by atoms with Crippen molar-refractivity contribution in [3.63, 3.8) is 0 Å². The lowest BCUT2D eigenvalue weighted by atomic mass is 10.0. The lowest BCUT2D eigenvalue weighted by Crippen LogP contribution is -2.34. The van der Waals surface area contributed by atoms with Crippen LogP contribution in [0.2, 0.25) is 5.02 Å². The molecule has 0 fully saturated rings. The largest absolute Gasteiger partial charge is 0.339 e. The van der Waals surface area contributed by atoms with Gasteiger partial charge in [0, 0.05) is 23.1 Å². The zero-order valence-electron chi connectivity index (χ0n) is 17.3. The van der Waals surface area contributed by atoms with Gasteiger partial charge in [-0.05, 0) is 41.3 Å². The maximum atomic E-state index is 13.8. The van der Waals surface area contributed by atoms with Crippen molar-refractivity contribution in [2.45, 2.75) is 0 Å². The van der Waals surface area contributed by atoms with Crippen LogP contribution in [-0.4, -0.2) is 18.9 Å². The minimum Gasteiger partial charge on any atom is -0.339 e. The Morgan fingerprint density at radius 1 is 0.719 bits per heavy atom. The molecule has 0 aliphatic carbocycles. The first-order valence-corrected chi connectivity index (χ1v) is 10.6. The summed E-state index contributed by atoms with van der Waals surface area (Å²) in [6.07, 6.45) is 0. The Labute approximate surface area is 191 Å². The van der Waals surface area contributed by atoms with E-state index in [1.165, 1.54) is 4.90 Å². The fourth-order valence-corrected chi connectivity index (χ4v) is 4.23. The molecule has 0 unspecified atom stereocenters. The van der Waals surface area contributed by atoms with E-state index in [0.29, 0.717) is 27.5 Å². The summed E-state index contributed by atoms with van der Waals surface area (Å²) >= 11 is 6.08. The molecule has 4 aromatic carbocycles. The van der Waals surface area contributed by atoms with Crippen molar-refractivity contribution in [2.75, 3.05) is 16.8 Å². The third-order valence-corrected chi connectivity index (χ3v) is 5.93. The van der Waals surface area contributed by atoms with Crippen molar-refractivity contribution in [3.8, 4) is 0 Å². The Kier molecular flexibility index (Phi) is 5.00. The Morgan fingerprint density at radius 2 is 1.38 bits per heavy atom. The fourth-order valence-electron chi connectivity index (χ4n) is 4.11. The van der Waals surface area contributed by atoms with E-state index in [0.717, 1.165) is 16.5 Å². The molecule has 1 aliphatic rings. The molecule has 4 nitrogen and oxygen atoms in total. The third-order valence-electron chi connectivity index (χ3n) is 5.68. The van der Waals surface area contributed by atoms with E-state index in [-0.39, 0.29) is 11.8 Å². The molecule has 0 saturated carbocycles. The second-order valence-corrected chi connectivity index (χ2v) is 8.01. The van der Waals surface area contributed by atoms with Gasteiger partial charge in [-0.1, -0.05) is 78.3 Å². The molecule has 0 N–H and O–H groups in total. The van der Waals surface area contributed by atoms with E-state index in [2.05, 4.69) is 0 Å². The van der Waals surface area contributed by atoms with Crippen molar-refractivity contribution in [2.24, 2.45) is 0 Å². The van der Waals surface area contributed by atoms with Crippen molar-refractivity contribution in [1.82, 2.24) is 0 Å². The molecule has 5 rings (SSSR count). The zero-order chi connectivity index (χ0) is 22.2. The first-order valence-electron chi connectivity index (χ1n) is 10.2. The van der Waals surface area contributed by atoms with Crippen molar-refractivity contribution < 1.29 is 9.59 Å². The minimum absolute atomic E-state index is 0.330. The molecule has 0 atom stereocenters. The number of amides is 2. The number of nitrogens with zero attached hydrogens (tertiary/aromatic N) is 2. The van der Waals surface area contributed by atoms with Crippen molar-refractivity contribution in [3.05, 3.63) is 113 Å². The monoisotopic (exact) mass is 438 g/mol. The number of carbonyl (C=O) groups excluding carboxylic acids is 2. The highest BCUT2D eigenvalue weighted by molar-refractivity contribution is 6.47. The van der Waals surface area contributed by atoms with Gasteiger partial charge in [0.2, 0.25) is 0 Å². The number of carbonyl (C=O) groups is 2. The van der Waals surface area contributed by atoms with E-state index in [4.69, 9.17) is 11.6 Å². The predicted octanol–water partition coefficient (Wildman–Crippen LogP) is 5.91. The van der Waals surface area contributed by atoms with Crippen LogP contribution in [0.25, 0.3) is 16.3 Å². The van der Waals surface area contributed by atoms with E-state index in [1.807, 2.05) is 72.8 Å². The number of para-hydroxylation sites is 1. The molecule has 4 aromatic rings. The molecular formula is C27H19ClN2O2. The van der Waals surface area contributed by atoms with Gasteiger partial charge in [0.1, 0.15) is 5.70 Å². The van der Waals surface area contributed by atoms with E-state index in [1.54, 1.807) is 36.2 Å². The molecule has 0 radical (unpaired) electrons. The summed E-state index contributed by atoms with van der Waals surface area (Å²) in [6, 6.07) is 29.9. The van der Waals surface area contributed by atoms with Crippen LogP contribution in [0.5, 0.6) is 0 Å². The summed E-state index contributed by atoms with van der Waals surface area (Å²) in [7, 11) is 1.80. The first kappa shape index (κ1) is 20.0. The number of halogens is 1. The van der Waals surface area contributed by atoms with Gasteiger partial charge in [-0.3, -0.25) is 9.59 Å². The molecule has 1 heterocycles. The maximum Gasteiger partial charge on any atom is 0.282 e. The Morgan fingerprint density at radius 3 is 2.12 bits per heavy atom. The fraction of sp³-hybridized carbons (Fsp3) is 0.0370. The van der Waals surface area contributed by atoms with Gasteiger partial charge in [-0.15, -0.1) is 0 Å². The highest BCUT2D eigenvalue weighted by Gasteiger charge is 2.42. The number of fused-ring (bicyclic) bond motifs is 1. The smallest absolute Gasteiger partial charge is 0.282 e. The summed E-state index contributed by atoms with van der Waals surface area (Å²) in [6.45, 7) is 0. The molecule has 1 aliphatic heterocycles. The average Bonchev–Trinajstić information content (AvgIpc) is 3.09. The molecule has 0 bridgehead atoms. The number of imide groups is 1. The van der Waals surface area contributed by atoms with Crippen molar-refractivity contribution in [1.29, 1.82) is 0 Å². The lowest BCUT2D eigenvalue weighted by Gasteiger charge is -2.22. The summed E-state index contributed by atoms with van der Waals surface area (Å²) in [5, 5.41) is 2.37. The highest BCUT2D eigenvalue weighted by atomic mass is 35.5. The van der Waals surface area contributed by atoms with Crippen molar-refractivity contribution >= 4 is 51.1 Å². The Balaban J connectivity index is 1.71. The Hall–Kier alpha value is -3.89. The number of hydrogen-bond donors (Lipinski definition) is 0. The number of hydrogen-bond acceptors (Lipinski definition) is 3. The quantitative estimate of drug-likeness (QED) is 0.372. The van der Waals surface area contributed by atoms with Crippen LogP contribution in [0.4, 0.5) is 11.4 Å². The molecule has 32 heavy (non-hydrogen) atoms. The summed E-state index contributed by atoms with van der Waals surface area (Å²) in [4.78, 5) is 30.6. The number of rotatable bonds is 4. The molecule has 156 valence electrons. The van der Waals surface area contributed by atoms with Gasteiger partial charge in [0.15, 0.2) is 0 Å². The van der Waals surface area contributed by atoms with Crippen LogP contribution in [0, 0.1) is 0 Å². The van der Waals surface area contributed by atoms with Crippen LogP contribution >= 0.6 is 11.6 Å². The van der Waals surface area contributed by atoms with Gasteiger partial charge in [0.05, 0.1) is 11.3 Å². The molecule has 0 spiro atoms. The van der Waals surface area contributed by atoms with Gasteiger partial charge in [-0.2, -0.15) is 0 Å². The highest BCUT2D eigenvalue weighted by Crippen LogP contribution is 2.38. The number of likely N-dealkylation sites (N-methyl/N-ethyl adjacent to an activating group) is 1. The molecule has 0 saturated heterocycles. The molecule has 0 aromatic heterocycles. The summed E-state index contributed by atoms with van der Waals surface area (Å²) < 4.78 is 0. The van der Waals surface area contributed by atoms with Gasteiger partial charge in [-0.25, -0.2) is 4.90 Å². The average molecular weight is 439 g/mol. The third kappa shape index (κ3) is 3.26. The number of anilines is 2. The van der Waals surface area contributed by atoms with E-state index >= 15 is 0 Å². The maximum absolute atomic E-state index is 13.8. The van der Waals surface area contributed by atoms with Crippen LogP contribution in [0.3, 0.4) is 0 Å². The zero-order valence-corrected chi connectivity index (χ0v) is 18.1. The van der Waals surface area contributed by atoms with Crippen LogP contribution in [0.15, 0.2) is 103 Å². The second kappa shape index (κ2) is 7.98. The van der Waals surface area contributed by atoms with Crippen LogP contribution < -0.4 is 9.80 Å². The molecular weight excluding hydrogens is 420 g/mol. The first-order chi connectivity index (χ1) is 15.6. The standard InChI is InChI=1S/C27H19ClN2O2/c1-29(21-10-3-2-4-11-21)25-24(19-14-16-20(28)17-15-19)26(31)30(27(25)32)23-13-7-9-18-8-5-6-12-22(18)23/h2-17H,1H3. The van der Waals surface area contributed by atoms with Crippen LogP contribution in [-0.2, 0) is 9.59 Å².